The van der Waals surface area contributed by atoms with Crippen LogP contribution in [0.15, 0.2) is 30.5 Å². The molecule has 0 unspecified atom stereocenters. The minimum atomic E-state index is 0.194. The molecule has 3 nitrogen and oxygen atoms in total. The molecule has 2 aromatic rings. The summed E-state index contributed by atoms with van der Waals surface area (Å²) in [5, 5.41) is 4.44. The number of aryl methyl sites for hydroxylation is 1. The molecule has 1 aromatic carbocycles. The third kappa shape index (κ3) is 3.46. The van der Waals surface area contributed by atoms with Crippen molar-refractivity contribution in [2.75, 3.05) is 0 Å². The van der Waals surface area contributed by atoms with Crippen LogP contribution in [0.4, 0.5) is 0 Å². The van der Waals surface area contributed by atoms with Crippen LogP contribution in [0.2, 0.25) is 0 Å². The molecule has 0 radical (unpaired) electrons. The van der Waals surface area contributed by atoms with Crippen molar-refractivity contribution >= 4 is 16.8 Å². The quantitative estimate of drug-likeness (QED) is 0.881. The maximum absolute atomic E-state index is 12.1. The van der Waals surface area contributed by atoms with Crippen molar-refractivity contribution < 1.29 is 4.79 Å². The van der Waals surface area contributed by atoms with Gasteiger partial charge in [0.2, 0.25) is 5.91 Å². The second kappa shape index (κ2) is 6.33. The molecule has 1 fully saturated rings. The van der Waals surface area contributed by atoms with Crippen molar-refractivity contribution in [3.05, 3.63) is 36.0 Å². The van der Waals surface area contributed by atoms with Crippen LogP contribution < -0.4 is 5.32 Å². The zero-order valence-corrected chi connectivity index (χ0v) is 12.7. The Morgan fingerprint density at radius 3 is 3.05 bits per heavy atom. The molecule has 0 aliphatic heterocycles. The van der Waals surface area contributed by atoms with E-state index in [1.165, 1.54) is 23.8 Å². The number of rotatable bonds is 4. The van der Waals surface area contributed by atoms with Crippen LogP contribution in [0.3, 0.4) is 0 Å². The molecule has 3 rings (SSSR count). The summed E-state index contributed by atoms with van der Waals surface area (Å²) in [7, 11) is 0. The molecule has 1 saturated carbocycles. The highest BCUT2D eigenvalue weighted by Crippen LogP contribution is 2.24. The van der Waals surface area contributed by atoms with E-state index >= 15 is 0 Å². The minimum Gasteiger partial charge on any atom is -0.361 e. The number of hydrogen-bond donors (Lipinski definition) is 2. The lowest BCUT2D eigenvalue weighted by Gasteiger charge is -2.27. The first-order chi connectivity index (χ1) is 10.2. The van der Waals surface area contributed by atoms with Crippen LogP contribution in [0.5, 0.6) is 0 Å². The van der Waals surface area contributed by atoms with Gasteiger partial charge >= 0.3 is 0 Å². The molecule has 1 aromatic heterocycles. The molecule has 21 heavy (non-hydrogen) atoms. The van der Waals surface area contributed by atoms with Crippen molar-refractivity contribution in [2.24, 2.45) is 5.92 Å². The third-order valence-corrected chi connectivity index (χ3v) is 4.60. The summed E-state index contributed by atoms with van der Waals surface area (Å²) in [6.07, 6.45) is 8.24. The molecule has 0 bridgehead atoms. The molecule has 0 saturated heterocycles. The first-order valence-electron chi connectivity index (χ1n) is 8.06. The molecular weight excluding hydrogens is 260 g/mol. The second-order valence-corrected chi connectivity index (χ2v) is 6.40. The maximum Gasteiger partial charge on any atom is 0.220 e. The van der Waals surface area contributed by atoms with Crippen LogP contribution >= 0.6 is 0 Å². The van der Waals surface area contributed by atoms with Crippen LogP contribution in [-0.4, -0.2) is 16.9 Å². The summed E-state index contributed by atoms with van der Waals surface area (Å²) < 4.78 is 0. The van der Waals surface area contributed by atoms with Gasteiger partial charge in [0.1, 0.15) is 0 Å². The van der Waals surface area contributed by atoms with Crippen molar-refractivity contribution in [1.29, 1.82) is 0 Å². The van der Waals surface area contributed by atoms with Crippen molar-refractivity contribution in [1.82, 2.24) is 10.3 Å². The van der Waals surface area contributed by atoms with Gasteiger partial charge in [0.15, 0.2) is 0 Å². The highest BCUT2D eigenvalue weighted by Gasteiger charge is 2.20. The van der Waals surface area contributed by atoms with Gasteiger partial charge in [-0.1, -0.05) is 38.0 Å². The fourth-order valence-electron chi connectivity index (χ4n) is 3.45. The highest BCUT2D eigenvalue weighted by molar-refractivity contribution is 5.84. The topological polar surface area (TPSA) is 44.9 Å². The van der Waals surface area contributed by atoms with Crippen molar-refractivity contribution in [3.8, 4) is 0 Å². The standard InChI is InChI=1S/C18H24N2O/c1-13-5-4-6-15(11-13)20-18(21)10-9-14-12-19-17-8-3-2-7-16(14)17/h2-3,7-8,12-13,15,19H,4-6,9-11H2,1H3,(H,20,21)/t13-,15-/m1/s1. The molecule has 2 atom stereocenters. The fourth-order valence-corrected chi connectivity index (χ4v) is 3.45. The molecule has 1 heterocycles. The number of aromatic amines is 1. The van der Waals surface area contributed by atoms with Gasteiger partial charge in [-0.25, -0.2) is 0 Å². The Morgan fingerprint density at radius 2 is 2.19 bits per heavy atom. The molecule has 2 N–H and O–H groups in total. The molecule has 1 aliphatic carbocycles. The van der Waals surface area contributed by atoms with Crippen molar-refractivity contribution in [3.63, 3.8) is 0 Å². The summed E-state index contributed by atoms with van der Waals surface area (Å²) in [5.41, 5.74) is 2.38. The predicted molar refractivity (Wildman–Crippen MR) is 86.2 cm³/mol. The Balaban J connectivity index is 1.54. The van der Waals surface area contributed by atoms with Gasteiger partial charge in [0, 0.05) is 29.6 Å². The number of fused-ring (bicyclic) bond motifs is 1. The zero-order chi connectivity index (χ0) is 14.7. The average molecular weight is 284 g/mol. The summed E-state index contributed by atoms with van der Waals surface area (Å²) in [4.78, 5) is 15.4. The van der Waals surface area contributed by atoms with Crippen LogP contribution in [0.1, 0.15) is 44.6 Å². The third-order valence-electron chi connectivity index (χ3n) is 4.60. The molecule has 112 valence electrons. The Morgan fingerprint density at radius 1 is 1.33 bits per heavy atom. The molecule has 1 aliphatic rings. The van der Waals surface area contributed by atoms with Gasteiger partial charge in [-0.2, -0.15) is 0 Å². The zero-order valence-electron chi connectivity index (χ0n) is 12.7. The van der Waals surface area contributed by atoms with Gasteiger partial charge < -0.3 is 10.3 Å². The van der Waals surface area contributed by atoms with Gasteiger partial charge in [0.25, 0.3) is 0 Å². The van der Waals surface area contributed by atoms with Crippen LogP contribution in [-0.2, 0) is 11.2 Å². The summed E-state index contributed by atoms with van der Waals surface area (Å²) in [6.45, 7) is 2.28. The Hall–Kier alpha value is -1.77. The SMILES string of the molecule is C[C@@H]1CCC[C@@H](NC(=O)CCc2c[nH]c3ccccc23)C1. The molecule has 1 amide bonds. The van der Waals surface area contributed by atoms with Crippen LogP contribution in [0.25, 0.3) is 10.9 Å². The number of carbonyl (C=O) groups excluding carboxylic acids is 1. The minimum absolute atomic E-state index is 0.194. The van der Waals surface area contributed by atoms with Gasteiger partial charge in [-0.15, -0.1) is 0 Å². The van der Waals surface area contributed by atoms with E-state index < -0.39 is 0 Å². The van der Waals surface area contributed by atoms with E-state index in [1.54, 1.807) is 0 Å². The van der Waals surface area contributed by atoms with E-state index in [1.807, 2.05) is 18.3 Å². The Kier molecular flexibility index (Phi) is 4.28. The van der Waals surface area contributed by atoms with Crippen LogP contribution in [0, 0.1) is 5.92 Å². The number of hydrogen-bond acceptors (Lipinski definition) is 1. The van der Waals surface area contributed by atoms with E-state index in [-0.39, 0.29) is 5.91 Å². The number of aromatic nitrogens is 1. The lowest BCUT2D eigenvalue weighted by molar-refractivity contribution is -0.122. The Labute approximate surface area is 126 Å². The second-order valence-electron chi connectivity index (χ2n) is 6.40. The van der Waals surface area contributed by atoms with E-state index in [0.29, 0.717) is 12.5 Å². The number of benzene rings is 1. The molecule has 0 spiro atoms. The number of nitrogens with one attached hydrogen (secondary N) is 2. The lowest BCUT2D eigenvalue weighted by atomic mass is 9.87. The fraction of sp³-hybridized carbons (Fsp3) is 0.500. The van der Waals surface area contributed by atoms with Gasteiger partial charge in [-0.3, -0.25) is 4.79 Å². The smallest absolute Gasteiger partial charge is 0.220 e. The van der Waals surface area contributed by atoms with E-state index in [0.717, 1.165) is 30.7 Å². The largest absolute Gasteiger partial charge is 0.361 e. The van der Waals surface area contributed by atoms with Gasteiger partial charge in [0.05, 0.1) is 0 Å². The van der Waals surface area contributed by atoms with Crippen molar-refractivity contribution in [2.45, 2.75) is 51.5 Å². The number of H-pyrrole nitrogens is 1. The number of para-hydroxylation sites is 1. The average Bonchev–Trinajstić information content (AvgIpc) is 2.88. The van der Waals surface area contributed by atoms with Gasteiger partial charge in [-0.05, 0) is 36.8 Å². The summed E-state index contributed by atoms with van der Waals surface area (Å²) in [5.74, 6) is 0.942. The first kappa shape index (κ1) is 14.2. The monoisotopic (exact) mass is 284 g/mol. The Bertz CT molecular complexity index is 616. The predicted octanol–water partition coefficient (Wildman–Crippen LogP) is 3.80. The maximum atomic E-state index is 12.1. The normalized spacial score (nSPS) is 22.3. The first-order valence-corrected chi connectivity index (χ1v) is 8.06. The lowest BCUT2D eigenvalue weighted by Crippen LogP contribution is -2.38. The van der Waals surface area contributed by atoms with E-state index in [4.69, 9.17) is 0 Å². The number of carbonyl (C=O) groups is 1. The van der Waals surface area contributed by atoms with E-state index in [2.05, 4.69) is 29.4 Å². The number of amides is 1. The highest BCUT2D eigenvalue weighted by atomic mass is 16.1. The molecule has 3 heteroatoms. The summed E-state index contributed by atoms with van der Waals surface area (Å²) in [6, 6.07) is 8.65. The van der Waals surface area contributed by atoms with E-state index in [9.17, 15) is 4.79 Å². The molecular formula is C18H24N2O. The summed E-state index contributed by atoms with van der Waals surface area (Å²) >= 11 is 0.